The Kier molecular flexibility index (Phi) is 5.73. The zero-order valence-corrected chi connectivity index (χ0v) is 16.4. The fraction of sp³-hybridized carbons (Fsp3) is 0.300. The third kappa shape index (κ3) is 4.03. The van der Waals surface area contributed by atoms with Crippen LogP contribution < -0.4 is 0 Å². The van der Waals surface area contributed by atoms with Gasteiger partial charge in [-0.05, 0) is 58.8 Å². The first-order valence-electron chi connectivity index (χ1n) is 8.52. The lowest BCUT2D eigenvalue weighted by atomic mass is 10.1. The number of rotatable bonds is 3. The molecule has 0 aliphatic carbocycles. The normalized spacial score (nSPS) is 14.5. The molecule has 1 heterocycles. The molecule has 130 valence electrons. The summed E-state index contributed by atoms with van der Waals surface area (Å²) in [6.45, 7) is 4.39. The Hall–Kier alpha value is -1.89. The summed E-state index contributed by atoms with van der Waals surface area (Å²) in [5, 5.41) is 0. The fourth-order valence-electron chi connectivity index (χ4n) is 2.98. The minimum Gasteiger partial charge on any atom is -0.335 e. The van der Waals surface area contributed by atoms with E-state index < -0.39 is 0 Å². The van der Waals surface area contributed by atoms with E-state index in [-0.39, 0.29) is 11.8 Å². The number of nitrogens with zero attached hydrogens (tertiary/aromatic N) is 2. The minimum atomic E-state index is 0.0454. The highest BCUT2D eigenvalue weighted by Gasteiger charge is 2.26. The smallest absolute Gasteiger partial charge is 0.255 e. The molecule has 0 spiro atoms. The third-order valence-corrected chi connectivity index (χ3v) is 5.51. The van der Waals surface area contributed by atoms with E-state index >= 15 is 0 Å². The van der Waals surface area contributed by atoms with Gasteiger partial charge in [0, 0.05) is 35.3 Å². The summed E-state index contributed by atoms with van der Waals surface area (Å²) in [5.74, 6) is 0.0911. The lowest BCUT2D eigenvalue weighted by Gasteiger charge is -2.35. The number of halogens is 1. The van der Waals surface area contributed by atoms with Crippen molar-refractivity contribution in [3.8, 4) is 0 Å². The van der Waals surface area contributed by atoms with Crippen molar-refractivity contribution in [1.29, 1.82) is 0 Å². The lowest BCUT2D eigenvalue weighted by Crippen LogP contribution is -2.50. The molecule has 4 nitrogen and oxygen atoms in total. The van der Waals surface area contributed by atoms with Gasteiger partial charge in [-0.1, -0.05) is 31.2 Å². The van der Waals surface area contributed by atoms with Gasteiger partial charge in [0.15, 0.2) is 0 Å². The Balaban J connectivity index is 1.62. The highest BCUT2D eigenvalue weighted by Crippen LogP contribution is 2.16. The summed E-state index contributed by atoms with van der Waals surface area (Å²) in [6, 6.07) is 15.4. The van der Waals surface area contributed by atoms with Crippen LogP contribution in [-0.2, 0) is 6.42 Å². The zero-order valence-electron chi connectivity index (χ0n) is 14.2. The van der Waals surface area contributed by atoms with Gasteiger partial charge in [-0.15, -0.1) is 0 Å². The molecule has 2 amide bonds. The van der Waals surface area contributed by atoms with Gasteiger partial charge in [0.1, 0.15) is 0 Å². The van der Waals surface area contributed by atoms with Crippen molar-refractivity contribution in [2.45, 2.75) is 13.3 Å². The average molecular weight is 448 g/mol. The van der Waals surface area contributed by atoms with Gasteiger partial charge in [-0.2, -0.15) is 0 Å². The highest BCUT2D eigenvalue weighted by molar-refractivity contribution is 14.1. The summed E-state index contributed by atoms with van der Waals surface area (Å²) in [7, 11) is 0. The summed E-state index contributed by atoms with van der Waals surface area (Å²) in [6.07, 6.45) is 0.966. The first kappa shape index (κ1) is 17.9. The molecular formula is C20H21IN2O2. The molecule has 1 aliphatic heterocycles. The maximum Gasteiger partial charge on any atom is 0.255 e. The van der Waals surface area contributed by atoms with Crippen molar-refractivity contribution in [3.63, 3.8) is 0 Å². The number of carbonyl (C=O) groups is 2. The Morgan fingerprint density at radius 2 is 1.44 bits per heavy atom. The molecule has 0 saturated carbocycles. The molecular weight excluding hydrogens is 427 g/mol. The average Bonchev–Trinajstić information content (AvgIpc) is 2.67. The van der Waals surface area contributed by atoms with Gasteiger partial charge in [0.2, 0.25) is 0 Å². The van der Waals surface area contributed by atoms with Crippen LogP contribution >= 0.6 is 22.6 Å². The molecule has 5 heteroatoms. The van der Waals surface area contributed by atoms with Crippen LogP contribution in [0.4, 0.5) is 0 Å². The van der Waals surface area contributed by atoms with Gasteiger partial charge >= 0.3 is 0 Å². The Morgan fingerprint density at radius 3 is 2.00 bits per heavy atom. The molecule has 1 fully saturated rings. The Labute approximate surface area is 162 Å². The number of amides is 2. The molecule has 0 atom stereocenters. The molecule has 1 aliphatic rings. The summed E-state index contributed by atoms with van der Waals surface area (Å²) in [4.78, 5) is 28.9. The van der Waals surface area contributed by atoms with Crippen LogP contribution in [0, 0.1) is 3.57 Å². The third-order valence-electron chi connectivity index (χ3n) is 4.57. The van der Waals surface area contributed by atoms with E-state index in [9.17, 15) is 9.59 Å². The maximum absolute atomic E-state index is 12.7. The molecule has 0 unspecified atom stereocenters. The minimum absolute atomic E-state index is 0.0454. The molecule has 0 aromatic heterocycles. The van der Waals surface area contributed by atoms with Crippen LogP contribution in [0.3, 0.4) is 0 Å². The number of benzene rings is 2. The first-order chi connectivity index (χ1) is 12.1. The second-order valence-electron chi connectivity index (χ2n) is 6.11. The van der Waals surface area contributed by atoms with Crippen LogP contribution in [0.1, 0.15) is 33.2 Å². The van der Waals surface area contributed by atoms with Crippen molar-refractivity contribution in [2.75, 3.05) is 26.2 Å². The van der Waals surface area contributed by atoms with Crippen LogP contribution in [0.5, 0.6) is 0 Å². The molecule has 2 aromatic carbocycles. The van der Waals surface area contributed by atoms with Crippen LogP contribution in [-0.4, -0.2) is 47.8 Å². The van der Waals surface area contributed by atoms with E-state index in [1.165, 1.54) is 5.56 Å². The molecule has 3 rings (SSSR count). The van der Waals surface area contributed by atoms with Crippen molar-refractivity contribution < 1.29 is 9.59 Å². The van der Waals surface area contributed by atoms with Crippen molar-refractivity contribution in [2.24, 2.45) is 0 Å². The van der Waals surface area contributed by atoms with Gasteiger partial charge in [0.25, 0.3) is 11.8 Å². The van der Waals surface area contributed by atoms with Gasteiger partial charge in [0.05, 0.1) is 5.56 Å². The standard InChI is InChI=1S/C20H21IN2O2/c1-2-15-7-9-16(10-8-15)19(24)22-11-13-23(14-12-22)20(25)17-5-3-4-6-18(17)21/h3-10H,2,11-14H2,1H3. The van der Waals surface area contributed by atoms with E-state index in [0.717, 1.165) is 21.1 Å². The highest BCUT2D eigenvalue weighted by atomic mass is 127. The van der Waals surface area contributed by atoms with Gasteiger partial charge in [-0.25, -0.2) is 0 Å². The molecule has 0 N–H and O–H groups in total. The maximum atomic E-state index is 12.7. The lowest BCUT2D eigenvalue weighted by molar-refractivity contribution is 0.0535. The topological polar surface area (TPSA) is 40.6 Å². The second-order valence-corrected chi connectivity index (χ2v) is 7.28. The van der Waals surface area contributed by atoms with Crippen LogP contribution in [0.25, 0.3) is 0 Å². The van der Waals surface area contributed by atoms with Crippen LogP contribution in [0.15, 0.2) is 48.5 Å². The first-order valence-corrected chi connectivity index (χ1v) is 9.60. The summed E-state index contributed by atoms with van der Waals surface area (Å²) >= 11 is 2.19. The van der Waals surface area contributed by atoms with Crippen LogP contribution in [0.2, 0.25) is 0 Å². The van der Waals surface area contributed by atoms with E-state index in [1.807, 2.05) is 58.3 Å². The number of hydrogen-bond acceptors (Lipinski definition) is 2. The molecule has 2 aromatic rings. The predicted molar refractivity (Wildman–Crippen MR) is 107 cm³/mol. The number of aryl methyl sites for hydroxylation is 1. The Bertz CT molecular complexity index is 766. The van der Waals surface area contributed by atoms with E-state index in [1.54, 1.807) is 0 Å². The van der Waals surface area contributed by atoms with E-state index in [2.05, 4.69) is 29.5 Å². The second kappa shape index (κ2) is 7.99. The molecule has 0 radical (unpaired) electrons. The predicted octanol–water partition coefficient (Wildman–Crippen LogP) is 3.45. The monoisotopic (exact) mass is 448 g/mol. The molecule has 25 heavy (non-hydrogen) atoms. The van der Waals surface area contributed by atoms with Gasteiger partial charge in [-0.3, -0.25) is 9.59 Å². The van der Waals surface area contributed by atoms with Gasteiger partial charge < -0.3 is 9.80 Å². The summed E-state index contributed by atoms with van der Waals surface area (Å²) < 4.78 is 0.958. The zero-order chi connectivity index (χ0) is 17.8. The number of carbonyl (C=O) groups excluding carboxylic acids is 2. The van der Waals surface area contributed by atoms with E-state index in [4.69, 9.17) is 0 Å². The molecule has 1 saturated heterocycles. The summed E-state index contributed by atoms with van der Waals surface area (Å²) in [5.41, 5.74) is 2.68. The number of hydrogen-bond donors (Lipinski definition) is 0. The quantitative estimate of drug-likeness (QED) is 0.676. The van der Waals surface area contributed by atoms with E-state index in [0.29, 0.717) is 26.2 Å². The number of piperazine rings is 1. The fourth-order valence-corrected chi connectivity index (χ4v) is 3.60. The Morgan fingerprint density at radius 1 is 0.880 bits per heavy atom. The SMILES string of the molecule is CCc1ccc(C(=O)N2CCN(C(=O)c3ccccc3I)CC2)cc1. The van der Waals surface area contributed by atoms with Crippen molar-refractivity contribution in [3.05, 3.63) is 68.8 Å². The molecule has 0 bridgehead atoms. The van der Waals surface area contributed by atoms with Crippen molar-refractivity contribution in [1.82, 2.24) is 9.80 Å². The van der Waals surface area contributed by atoms with Crippen molar-refractivity contribution >= 4 is 34.4 Å². The largest absolute Gasteiger partial charge is 0.335 e.